The van der Waals surface area contributed by atoms with E-state index in [9.17, 15) is 4.79 Å². The molecule has 0 unspecified atom stereocenters. The van der Waals surface area contributed by atoms with Crippen molar-refractivity contribution in [2.75, 3.05) is 18.4 Å². The summed E-state index contributed by atoms with van der Waals surface area (Å²) in [4.78, 5) is 14.6. The van der Waals surface area contributed by atoms with E-state index in [1.54, 1.807) is 0 Å². The van der Waals surface area contributed by atoms with Crippen LogP contribution >= 0.6 is 12.2 Å². The van der Waals surface area contributed by atoms with Gasteiger partial charge in [0.2, 0.25) is 0 Å². The van der Waals surface area contributed by atoms with E-state index in [4.69, 9.17) is 12.2 Å². The fourth-order valence-corrected chi connectivity index (χ4v) is 3.75. The number of carbonyl (C=O) groups excluding carboxylic acids is 1. The van der Waals surface area contributed by atoms with Crippen molar-refractivity contribution >= 4 is 28.9 Å². The van der Waals surface area contributed by atoms with Crippen LogP contribution in [0.4, 0.5) is 5.69 Å². The molecule has 3 rings (SSSR count). The first-order chi connectivity index (χ1) is 12.9. The van der Waals surface area contributed by atoms with Crippen LogP contribution < -0.4 is 10.6 Å². The van der Waals surface area contributed by atoms with Gasteiger partial charge in [-0.2, -0.15) is 0 Å². The Hall–Kier alpha value is -2.40. The van der Waals surface area contributed by atoms with Crippen LogP contribution in [0.5, 0.6) is 0 Å². The fraction of sp³-hybridized carbons (Fsp3) is 0.364. The number of nitrogens with one attached hydrogen (secondary N) is 2. The Kier molecular flexibility index (Phi) is 6.11. The topological polar surface area (TPSA) is 44.4 Å². The second-order valence-electron chi connectivity index (χ2n) is 7.41. The van der Waals surface area contributed by atoms with Gasteiger partial charge in [-0.05, 0) is 81.2 Å². The average molecular weight is 382 g/mol. The highest BCUT2D eigenvalue weighted by Crippen LogP contribution is 2.17. The molecule has 1 amide bonds. The van der Waals surface area contributed by atoms with Crippen LogP contribution in [0.1, 0.15) is 39.9 Å². The zero-order valence-corrected chi connectivity index (χ0v) is 17.0. The molecule has 0 aliphatic carbocycles. The van der Waals surface area contributed by atoms with E-state index in [-0.39, 0.29) is 11.9 Å². The second-order valence-corrected chi connectivity index (χ2v) is 7.79. The van der Waals surface area contributed by atoms with Crippen molar-refractivity contribution < 1.29 is 4.79 Å². The highest BCUT2D eigenvalue weighted by Gasteiger charge is 2.22. The molecule has 0 spiro atoms. The molecule has 1 saturated heterocycles. The van der Waals surface area contributed by atoms with Crippen molar-refractivity contribution in [1.82, 2.24) is 10.2 Å². The minimum Gasteiger partial charge on any atom is -0.349 e. The molecule has 2 aromatic carbocycles. The number of rotatable bonds is 3. The second kappa shape index (κ2) is 8.53. The zero-order valence-electron chi connectivity index (χ0n) is 16.2. The first-order valence-corrected chi connectivity index (χ1v) is 9.83. The molecular formula is C22H27N3OS. The van der Waals surface area contributed by atoms with Gasteiger partial charge in [-0.15, -0.1) is 0 Å². The number of amides is 1. The summed E-state index contributed by atoms with van der Waals surface area (Å²) in [5.41, 5.74) is 5.35. The van der Waals surface area contributed by atoms with Gasteiger partial charge in [0.1, 0.15) is 0 Å². The van der Waals surface area contributed by atoms with Crippen LogP contribution in [-0.4, -0.2) is 35.1 Å². The summed E-state index contributed by atoms with van der Waals surface area (Å²) < 4.78 is 0. The molecule has 2 aromatic rings. The van der Waals surface area contributed by atoms with Gasteiger partial charge in [0.25, 0.3) is 5.91 Å². The number of benzene rings is 2. The number of thiocarbonyl (C=S) groups is 1. The Labute approximate surface area is 167 Å². The number of anilines is 1. The van der Waals surface area contributed by atoms with E-state index in [0.717, 1.165) is 47.9 Å². The molecule has 2 N–H and O–H groups in total. The summed E-state index contributed by atoms with van der Waals surface area (Å²) in [7, 11) is 0. The van der Waals surface area contributed by atoms with Crippen molar-refractivity contribution in [3.63, 3.8) is 0 Å². The summed E-state index contributed by atoms with van der Waals surface area (Å²) >= 11 is 5.59. The Balaban J connectivity index is 1.50. The monoisotopic (exact) mass is 381 g/mol. The van der Waals surface area contributed by atoms with Gasteiger partial charge in [0, 0.05) is 30.4 Å². The molecule has 1 heterocycles. The van der Waals surface area contributed by atoms with E-state index >= 15 is 0 Å². The number of likely N-dealkylation sites (tertiary alicyclic amines) is 1. The van der Waals surface area contributed by atoms with Crippen molar-refractivity contribution in [2.24, 2.45) is 0 Å². The minimum atomic E-state index is 0.00406. The van der Waals surface area contributed by atoms with E-state index in [0.29, 0.717) is 0 Å². The number of hydrogen-bond acceptors (Lipinski definition) is 2. The van der Waals surface area contributed by atoms with Gasteiger partial charge >= 0.3 is 0 Å². The molecule has 0 atom stereocenters. The van der Waals surface area contributed by atoms with Gasteiger partial charge in [0.15, 0.2) is 5.11 Å². The van der Waals surface area contributed by atoms with Gasteiger partial charge < -0.3 is 15.5 Å². The van der Waals surface area contributed by atoms with E-state index in [1.165, 1.54) is 11.1 Å². The lowest BCUT2D eigenvalue weighted by atomic mass is 10.0. The maximum absolute atomic E-state index is 12.4. The van der Waals surface area contributed by atoms with Crippen molar-refractivity contribution in [3.05, 3.63) is 64.7 Å². The minimum absolute atomic E-state index is 0.00406. The summed E-state index contributed by atoms with van der Waals surface area (Å²) in [6, 6.07) is 14.2. The predicted octanol–water partition coefficient (Wildman–Crippen LogP) is 4.20. The SMILES string of the molecule is Cc1ccc(C(=O)NC2CCN(C(=S)Nc3cc(C)cc(C)c3)CC2)cc1. The van der Waals surface area contributed by atoms with Crippen LogP contribution in [-0.2, 0) is 0 Å². The van der Waals surface area contributed by atoms with Gasteiger partial charge in [-0.3, -0.25) is 4.79 Å². The summed E-state index contributed by atoms with van der Waals surface area (Å²) in [5, 5.41) is 7.25. The van der Waals surface area contributed by atoms with Crippen molar-refractivity contribution in [1.29, 1.82) is 0 Å². The third kappa shape index (κ3) is 5.30. The smallest absolute Gasteiger partial charge is 0.251 e. The standard InChI is InChI=1S/C22H27N3OS/c1-15-4-6-18(7-5-15)21(26)23-19-8-10-25(11-9-19)22(27)24-20-13-16(2)12-17(3)14-20/h4-7,12-14,19H,8-11H2,1-3H3,(H,23,26)(H,24,27). The number of hydrogen-bond donors (Lipinski definition) is 2. The van der Waals surface area contributed by atoms with Crippen LogP contribution in [0, 0.1) is 20.8 Å². The third-order valence-electron chi connectivity index (χ3n) is 4.90. The number of nitrogens with zero attached hydrogens (tertiary/aromatic N) is 1. The highest BCUT2D eigenvalue weighted by molar-refractivity contribution is 7.80. The average Bonchev–Trinajstić information content (AvgIpc) is 2.62. The largest absolute Gasteiger partial charge is 0.349 e. The van der Waals surface area contributed by atoms with Crippen molar-refractivity contribution in [3.8, 4) is 0 Å². The van der Waals surface area contributed by atoms with Gasteiger partial charge in [0.05, 0.1) is 0 Å². The number of aryl methyl sites for hydroxylation is 3. The lowest BCUT2D eigenvalue weighted by Gasteiger charge is -2.34. The molecule has 1 fully saturated rings. The molecule has 0 aromatic heterocycles. The lowest BCUT2D eigenvalue weighted by Crippen LogP contribution is -2.47. The Morgan fingerprint density at radius 3 is 2.15 bits per heavy atom. The van der Waals surface area contributed by atoms with Crippen LogP contribution in [0.15, 0.2) is 42.5 Å². The summed E-state index contributed by atoms with van der Waals surface area (Å²) in [6.45, 7) is 7.88. The first kappa shape index (κ1) is 19.4. The number of carbonyl (C=O) groups is 1. The third-order valence-corrected chi connectivity index (χ3v) is 5.26. The zero-order chi connectivity index (χ0) is 19.4. The Morgan fingerprint density at radius 1 is 0.963 bits per heavy atom. The van der Waals surface area contributed by atoms with Crippen molar-refractivity contribution in [2.45, 2.75) is 39.7 Å². The molecule has 4 nitrogen and oxygen atoms in total. The maximum Gasteiger partial charge on any atom is 0.251 e. The molecular weight excluding hydrogens is 354 g/mol. The highest BCUT2D eigenvalue weighted by atomic mass is 32.1. The normalized spacial score (nSPS) is 14.7. The van der Waals surface area contributed by atoms with E-state index in [2.05, 4.69) is 47.6 Å². The summed E-state index contributed by atoms with van der Waals surface area (Å²) in [5.74, 6) is 0.00406. The quantitative estimate of drug-likeness (QED) is 0.782. The fourth-order valence-electron chi connectivity index (χ4n) is 3.45. The molecule has 1 aliphatic heterocycles. The molecule has 5 heteroatoms. The number of piperidine rings is 1. The molecule has 1 aliphatic rings. The molecule has 0 saturated carbocycles. The van der Waals surface area contributed by atoms with E-state index < -0.39 is 0 Å². The van der Waals surface area contributed by atoms with Crippen LogP contribution in [0.3, 0.4) is 0 Å². The molecule has 142 valence electrons. The Morgan fingerprint density at radius 2 is 1.56 bits per heavy atom. The lowest BCUT2D eigenvalue weighted by molar-refractivity contribution is 0.0922. The van der Waals surface area contributed by atoms with E-state index in [1.807, 2.05) is 31.2 Å². The first-order valence-electron chi connectivity index (χ1n) is 9.42. The predicted molar refractivity (Wildman–Crippen MR) is 115 cm³/mol. The summed E-state index contributed by atoms with van der Waals surface area (Å²) in [6.07, 6.45) is 1.79. The van der Waals surface area contributed by atoms with Crippen LogP contribution in [0.2, 0.25) is 0 Å². The molecule has 0 radical (unpaired) electrons. The molecule has 0 bridgehead atoms. The van der Waals surface area contributed by atoms with Gasteiger partial charge in [-0.25, -0.2) is 0 Å². The maximum atomic E-state index is 12.4. The van der Waals surface area contributed by atoms with Crippen LogP contribution in [0.25, 0.3) is 0 Å². The molecule has 27 heavy (non-hydrogen) atoms. The Bertz CT molecular complexity index is 804. The van der Waals surface area contributed by atoms with Gasteiger partial charge in [-0.1, -0.05) is 23.8 Å².